The van der Waals surface area contributed by atoms with Crippen LogP contribution in [0.3, 0.4) is 0 Å². The fourth-order valence-electron chi connectivity index (χ4n) is 3.19. The first-order valence-corrected chi connectivity index (χ1v) is 7.45. The maximum atomic E-state index is 4.51. The normalized spacial score (nSPS) is 19.7. The minimum absolute atomic E-state index is 0.618. The molecule has 0 fully saturated rings. The molecule has 0 aromatic carbocycles. The van der Waals surface area contributed by atoms with E-state index in [1.165, 1.54) is 11.4 Å². The number of aryl methyl sites for hydroxylation is 1. The Kier molecular flexibility index (Phi) is 4.07. The van der Waals surface area contributed by atoms with E-state index in [9.17, 15) is 0 Å². The summed E-state index contributed by atoms with van der Waals surface area (Å²) in [4.78, 5) is 9.27. The molecule has 6 heteroatoms. The number of hydrogen-bond acceptors (Lipinski definition) is 4. The van der Waals surface area contributed by atoms with Crippen molar-refractivity contribution in [1.29, 1.82) is 0 Å². The molecule has 21 heavy (non-hydrogen) atoms. The van der Waals surface area contributed by atoms with Gasteiger partial charge in [0.25, 0.3) is 0 Å². The molecule has 0 N–H and O–H groups in total. The highest BCUT2D eigenvalue weighted by atomic mass is 15.3. The van der Waals surface area contributed by atoms with Crippen molar-refractivity contribution >= 4 is 0 Å². The van der Waals surface area contributed by atoms with Crippen molar-refractivity contribution in [1.82, 2.24) is 29.1 Å². The maximum Gasteiger partial charge on any atom is 0.122 e. The van der Waals surface area contributed by atoms with Crippen LogP contribution in [0.25, 0.3) is 0 Å². The van der Waals surface area contributed by atoms with Gasteiger partial charge in [0.1, 0.15) is 5.82 Å². The molecule has 1 aliphatic rings. The zero-order chi connectivity index (χ0) is 14.8. The standard InChI is InChI=1S/C15H24N6/c1-18(2)7-14-10-20(9-13-6-17-19(3)8-13)12-15-16-4-5-21(15)11-14/h4-6,8,14H,7,9-12H2,1-3H3/t14-/m0/s1. The maximum absolute atomic E-state index is 4.51. The van der Waals surface area contributed by atoms with Crippen LogP contribution in [0.2, 0.25) is 0 Å². The highest BCUT2D eigenvalue weighted by molar-refractivity contribution is 5.05. The first-order valence-electron chi connectivity index (χ1n) is 7.45. The highest BCUT2D eigenvalue weighted by Gasteiger charge is 2.23. The van der Waals surface area contributed by atoms with E-state index < -0.39 is 0 Å². The SMILES string of the molecule is CN(C)C[C@H]1CN(Cc2cnn(C)c2)Cc2nccn2C1. The Bertz CT molecular complexity index is 585. The van der Waals surface area contributed by atoms with Crippen molar-refractivity contribution in [2.45, 2.75) is 19.6 Å². The van der Waals surface area contributed by atoms with Crippen LogP contribution in [0.15, 0.2) is 24.8 Å². The lowest BCUT2D eigenvalue weighted by Gasteiger charge is -2.25. The predicted octanol–water partition coefficient (Wildman–Crippen LogP) is 0.810. The van der Waals surface area contributed by atoms with Gasteiger partial charge in [0.05, 0.1) is 12.7 Å². The molecule has 0 bridgehead atoms. The summed E-state index contributed by atoms with van der Waals surface area (Å²) in [7, 11) is 6.25. The summed E-state index contributed by atoms with van der Waals surface area (Å²) in [6.07, 6.45) is 8.07. The zero-order valence-electron chi connectivity index (χ0n) is 13.1. The summed E-state index contributed by atoms with van der Waals surface area (Å²) >= 11 is 0. The molecule has 3 heterocycles. The average molecular weight is 288 g/mol. The third-order valence-electron chi connectivity index (χ3n) is 3.93. The fraction of sp³-hybridized carbons (Fsp3) is 0.600. The number of hydrogen-bond donors (Lipinski definition) is 0. The van der Waals surface area contributed by atoms with Gasteiger partial charge in [0, 0.05) is 63.3 Å². The third kappa shape index (κ3) is 3.51. The van der Waals surface area contributed by atoms with Crippen molar-refractivity contribution in [3.63, 3.8) is 0 Å². The summed E-state index contributed by atoms with van der Waals surface area (Å²) in [5.41, 5.74) is 1.26. The van der Waals surface area contributed by atoms with Crippen molar-refractivity contribution in [3.8, 4) is 0 Å². The molecule has 1 aliphatic heterocycles. The van der Waals surface area contributed by atoms with Gasteiger partial charge in [-0.15, -0.1) is 0 Å². The van der Waals surface area contributed by atoms with Crippen LogP contribution >= 0.6 is 0 Å². The minimum Gasteiger partial charge on any atom is -0.333 e. The molecule has 0 aliphatic carbocycles. The monoisotopic (exact) mass is 288 g/mol. The van der Waals surface area contributed by atoms with Crippen LogP contribution in [0.4, 0.5) is 0 Å². The molecule has 2 aromatic rings. The smallest absolute Gasteiger partial charge is 0.122 e. The Balaban J connectivity index is 1.76. The second-order valence-electron chi connectivity index (χ2n) is 6.32. The van der Waals surface area contributed by atoms with Gasteiger partial charge in [-0.3, -0.25) is 9.58 Å². The number of rotatable bonds is 4. The number of aromatic nitrogens is 4. The zero-order valence-corrected chi connectivity index (χ0v) is 13.1. The number of imidazole rings is 1. The molecule has 0 radical (unpaired) electrons. The van der Waals surface area contributed by atoms with Crippen LogP contribution < -0.4 is 0 Å². The van der Waals surface area contributed by atoms with Crippen LogP contribution in [-0.4, -0.2) is 56.3 Å². The number of nitrogens with zero attached hydrogens (tertiary/aromatic N) is 6. The lowest BCUT2D eigenvalue weighted by molar-refractivity contribution is 0.194. The van der Waals surface area contributed by atoms with Crippen LogP contribution in [-0.2, 0) is 26.7 Å². The van der Waals surface area contributed by atoms with Gasteiger partial charge >= 0.3 is 0 Å². The number of fused-ring (bicyclic) bond motifs is 1. The van der Waals surface area contributed by atoms with Crippen molar-refractivity contribution in [2.24, 2.45) is 13.0 Å². The molecule has 0 unspecified atom stereocenters. The van der Waals surface area contributed by atoms with E-state index >= 15 is 0 Å². The Morgan fingerprint density at radius 3 is 2.90 bits per heavy atom. The summed E-state index contributed by atoms with van der Waals surface area (Å²) < 4.78 is 4.17. The van der Waals surface area contributed by atoms with Gasteiger partial charge in [0.15, 0.2) is 0 Å². The molecule has 0 amide bonds. The van der Waals surface area contributed by atoms with E-state index in [1.54, 1.807) is 0 Å². The first-order chi connectivity index (χ1) is 10.1. The van der Waals surface area contributed by atoms with Gasteiger partial charge in [-0.25, -0.2) is 4.98 Å². The fourth-order valence-corrected chi connectivity index (χ4v) is 3.19. The van der Waals surface area contributed by atoms with Gasteiger partial charge in [-0.2, -0.15) is 5.10 Å². The third-order valence-corrected chi connectivity index (χ3v) is 3.93. The summed E-state index contributed by atoms with van der Waals surface area (Å²) in [5.74, 6) is 1.78. The molecular formula is C15H24N6. The largest absolute Gasteiger partial charge is 0.333 e. The van der Waals surface area contributed by atoms with Gasteiger partial charge in [-0.05, 0) is 14.1 Å². The van der Waals surface area contributed by atoms with E-state index in [0.29, 0.717) is 5.92 Å². The van der Waals surface area contributed by atoms with Gasteiger partial charge in [-0.1, -0.05) is 0 Å². The van der Waals surface area contributed by atoms with Crippen LogP contribution in [0, 0.1) is 5.92 Å². The first kappa shape index (κ1) is 14.3. The Hall–Kier alpha value is -1.66. The molecule has 6 nitrogen and oxygen atoms in total. The Labute approximate surface area is 126 Å². The quantitative estimate of drug-likeness (QED) is 0.835. The van der Waals surface area contributed by atoms with Crippen LogP contribution in [0.5, 0.6) is 0 Å². The van der Waals surface area contributed by atoms with E-state index in [4.69, 9.17) is 0 Å². The predicted molar refractivity (Wildman–Crippen MR) is 81.6 cm³/mol. The molecule has 0 saturated carbocycles. The second-order valence-corrected chi connectivity index (χ2v) is 6.32. The van der Waals surface area contributed by atoms with Crippen LogP contribution in [0.1, 0.15) is 11.4 Å². The Morgan fingerprint density at radius 2 is 2.19 bits per heavy atom. The minimum atomic E-state index is 0.618. The molecule has 114 valence electrons. The van der Waals surface area contributed by atoms with Gasteiger partial charge < -0.3 is 9.47 Å². The average Bonchev–Trinajstić information content (AvgIpc) is 2.95. The van der Waals surface area contributed by atoms with E-state index in [0.717, 1.165) is 32.7 Å². The Morgan fingerprint density at radius 1 is 1.33 bits per heavy atom. The van der Waals surface area contributed by atoms with E-state index in [1.807, 2.05) is 24.1 Å². The molecule has 1 atom stereocenters. The van der Waals surface area contributed by atoms with Gasteiger partial charge in [0.2, 0.25) is 0 Å². The molecule has 0 spiro atoms. The lowest BCUT2D eigenvalue weighted by Crippen LogP contribution is -2.33. The van der Waals surface area contributed by atoms with Crippen molar-refractivity contribution < 1.29 is 0 Å². The second kappa shape index (κ2) is 5.99. The lowest BCUT2D eigenvalue weighted by atomic mass is 10.1. The highest BCUT2D eigenvalue weighted by Crippen LogP contribution is 2.18. The molecule has 0 saturated heterocycles. The van der Waals surface area contributed by atoms with Crippen molar-refractivity contribution in [3.05, 3.63) is 36.2 Å². The molecule has 2 aromatic heterocycles. The topological polar surface area (TPSA) is 42.1 Å². The summed E-state index contributed by atoms with van der Waals surface area (Å²) in [6, 6.07) is 0. The summed E-state index contributed by atoms with van der Waals surface area (Å²) in [6.45, 7) is 5.09. The molecule has 3 rings (SSSR count). The van der Waals surface area contributed by atoms with E-state index in [-0.39, 0.29) is 0 Å². The van der Waals surface area contributed by atoms with Crippen molar-refractivity contribution in [2.75, 3.05) is 27.2 Å². The summed E-state index contributed by atoms with van der Waals surface area (Å²) in [5, 5.41) is 4.27. The molecular weight excluding hydrogens is 264 g/mol. The van der Waals surface area contributed by atoms with E-state index in [2.05, 4.69) is 50.9 Å².